The Morgan fingerprint density at radius 2 is 1.67 bits per heavy atom. The van der Waals surface area contributed by atoms with Gasteiger partial charge in [-0.3, -0.25) is 0 Å². The van der Waals surface area contributed by atoms with Gasteiger partial charge in [-0.05, 0) is 38.8 Å². The first-order valence-corrected chi connectivity index (χ1v) is 6.85. The number of thiocarbonyl (C=S) groups is 1. The van der Waals surface area contributed by atoms with Crippen molar-refractivity contribution in [1.82, 2.24) is 10.6 Å². The fraction of sp³-hybridized carbons (Fsp3) is 0.909. The molecule has 88 valence electrons. The van der Waals surface area contributed by atoms with Crippen molar-refractivity contribution in [3.8, 4) is 0 Å². The van der Waals surface area contributed by atoms with E-state index in [1.165, 1.54) is 58.0 Å². The Kier molecular flexibility index (Phi) is 7.40. The molecular formula is C11H22N2S2. The van der Waals surface area contributed by atoms with Crippen molar-refractivity contribution in [1.29, 1.82) is 0 Å². The first-order chi connectivity index (χ1) is 7.29. The zero-order valence-electron chi connectivity index (χ0n) is 9.30. The summed E-state index contributed by atoms with van der Waals surface area (Å²) in [4.78, 5) is 0. The van der Waals surface area contributed by atoms with Crippen LogP contribution >= 0.6 is 24.8 Å². The molecular weight excluding hydrogens is 224 g/mol. The monoisotopic (exact) mass is 246 g/mol. The van der Waals surface area contributed by atoms with E-state index in [0.29, 0.717) is 10.4 Å². The molecule has 0 radical (unpaired) electrons. The minimum absolute atomic E-state index is 0.620. The Morgan fingerprint density at radius 1 is 1.07 bits per heavy atom. The van der Waals surface area contributed by atoms with E-state index in [0.717, 1.165) is 0 Å². The number of thiol groups is 1. The van der Waals surface area contributed by atoms with E-state index >= 15 is 0 Å². The Hall–Kier alpha value is 0.200. The third-order valence-electron chi connectivity index (χ3n) is 2.89. The molecule has 1 heterocycles. The van der Waals surface area contributed by atoms with Crippen molar-refractivity contribution in [3.05, 3.63) is 0 Å². The van der Waals surface area contributed by atoms with E-state index in [-0.39, 0.29) is 0 Å². The normalized spacial score (nSPS) is 21.7. The average Bonchev–Trinajstić information content (AvgIpc) is 2.73. The van der Waals surface area contributed by atoms with Crippen molar-refractivity contribution in [2.75, 3.05) is 13.1 Å². The molecule has 0 unspecified atom stereocenters. The minimum atomic E-state index is 0.620. The van der Waals surface area contributed by atoms with Crippen molar-refractivity contribution >= 4 is 29.2 Å². The van der Waals surface area contributed by atoms with Crippen LogP contribution in [0.2, 0.25) is 0 Å². The number of hydrogen-bond acceptors (Lipinski definition) is 2. The lowest BCUT2D eigenvalue weighted by Gasteiger charge is -2.09. The van der Waals surface area contributed by atoms with Gasteiger partial charge in [-0.15, -0.1) is 12.6 Å². The van der Waals surface area contributed by atoms with Gasteiger partial charge in [0, 0.05) is 6.04 Å². The summed E-state index contributed by atoms with van der Waals surface area (Å²) in [6.07, 6.45) is 9.43. The van der Waals surface area contributed by atoms with Crippen molar-refractivity contribution in [2.45, 2.75) is 51.0 Å². The highest BCUT2D eigenvalue weighted by Gasteiger charge is 2.13. The molecule has 0 atom stereocenters. The number of rotatable bonds is 1. The van der Waals surface area contributed by atoms with Crippen LogP contribution in [0.1, 0.15) is 44.9 Å². The molecule has 4 heteroatoms. The van der Waals surface area contributed by atoms with Gasteiger partial charge in [0.1, 0.15) is 4.32 Å². The molecule has 0 spiro atoms. The highest BCUT2D eigenvalue weighted by atomic mass is 32.1. The largest absolute Gasteiger partial charge is 0.368 e. The molecule has 0 bridgehead atoms. The lowest BCUT2D eigenvalue weighted by Crippen LogP contribution is -2.27. The van der Waals surface area contributed by atoms with Crippen LogP contribution in [0.3, 0.4) is 0 Å². The molecule has 1 aliphatic carbocycles. The minimum Gasteiger partial charge on any atom is -0.368 e. The second-order valence-electron chi connectivity index (χ2n) is 4.24. The quantitative estimate of drug-likeness (QED) is 0.489. The molecule has 2 aliphatic rings. The fourth-order valence-electron chi connectivity index (χ4n) is 2.05. The van der Waals surface area contributed by atoms with Crippen LogP contribution < -0.4 is 10.6 Å². The molecule has 1 saturated carbocycles. The maximum Gasteiger partial charge on any atom is 0.130 e. The number of nitrogens with one attached hydrogen (secondary N) is 2. The first-order valence-electron chi connectivity index (χ1n) is 5.99. The van der Waals surface area contributed by atoms with Crippen molar-refractivity contribution < 1.29 is 0 Å². The summed E-state index contributed by atoms with van der Waals surface area (Å²) in [6, 6.07) is 0.620. The van der Waals surface area contributed by atoms with Crippen LogP contribution in [0.4, 0.5) is 0 Å². The van der Waals surface area contributed by atoms with Crippen LogP contribution in [0.25, 0.3) is 0 Å². The van der Waals surface area contributed by atoms with Gasteiger partial charge >= 0.3 is 0 Å². The highest BCUT2D eigenvalue weighted by molar-refractivity contribution is 8.11. The molecule has 0 aromatic carbocycles. The van der Waals surface area contributed by atoms with Crippen LogP contribution in [0, 0.1) is 0 Å². The summed E-state index contributed by atoms with van der Waals surface area (Å²) >= 11 is 8.78. The van der Waals surface area contributed by atoms with Gasteiger partial charge in [0.25, 0.3) is 0 Å². The Balaban J connectivity index is 0.000000162. The van der Waals surface area contributed by atoms with E-state index in [1.54, 1.807) is 0 Å². The van der Waals surface area contributed by atoms with Gasteiger partial charge in [-0.2, -0.15) is 0 Å². The number of hydrogen-bond donors (Lipinski definition) is 3. The second-order valence-corrected chi connectivity index (χ2v) is 5.40. The predicted molar refractivity (Wildman–Crippen MR) is 73.7 cm³/mol. The van der Waals surface area contributed by atoms with Crippen LogP contribution in [0.5, 0.6) is 0 Å². The summed E-state index contributed by atoms with van der Waals surface area (Å²) < 4.78 is 0.641. The molecule has 1 saturated heterocycles. The van der Waals surface area contributed by atoms with Gasteiger partial charge in [0.15, 0.2) is 0 Å². The second kappa shape index (κ2) is 8.36. The summed E-state index contributed by atoms with van der Waals surface area (Å²) in [5.41, 5.74) is 0. The third-order valence-corrected chi connectivity index (χ3v) is 3.14. The molecule has 2 N–H and O–H groups in total. The Labute approximate surface area is 104 Å². The van der Waals surface area contributed by atoms with Gasteiger partial charge < -0.3 is 10.6 Å². The molecule has 2 fully saturated rings. The van der Waals surface area contributed by atoms with Crippen molar-refractivity contribution in [3.63, 3.8) is 0 Å². The molecule has 0 aromatic heterocycles. The van der Waals surface area contributed by atoms with Gasteiger partial charge in [-0.1, -0.05) is 31.5 Å². The van der Waals surface area contributed by atoms with Crippen LogP contribution in [0.15, 0.2) is 0 Å². The van der Waals surface area contributed by atoms with Gasteiger partial charge in [-0.25, -0.2) is 0 Å². The van der Waals surface area contributed by atoms with Crippen LogP contribution in [-0.2, 0) is 0 Å². The molecule has 0 amide bonds. The maximum atomic E-state index is 4.79. The lowest BCUT2D eigenvalue weighted by molar-refractivity contribution is 0.520. The Morgan fingerprint density at radius 3 is 2.00 bits per heavy atom. The zero-order chi connectivity index (χ0) is 10.9. The van der Waals surface area contributed by atoms with E-state index in [1.807, 2.05) is 0 Å². The van der Waals surface area contributed by atoms with E-state index in [9.17, 15) is 0 Å². The lowest BCUT2D eigenvalue weighted by atomic mass is 10.2. The van der Waals surface area contributed by atoms with Crippen LogP contribution in [-0.4, -0.2) is 23.5 Å². The Bertz CT molecular complexity index is 164. The molecule has 1 aliphatic heterocycles. The van der Waals surface area contributed by atoms with Crippen molar-refractivity contribution in [2.24, 2.45) is 0 Å². The topological polar surface area (TPSA) is 24.1 Å². The number of piperidine rings is 1. The summed E-state index contributed by atoms with van der Waals surface area (Å²) in [7, 11) is 0. The first kappa shape index (κ1) is 13.3. The van der Waals surface area contributed by atoms with Gasteiger partial charge in [0.05, 0.1) is 0 Å². The summed E-state index contributed by atoms with van der Waals surface area (Å²) in [6.45, 7) is 2.50. The maximum absolute atomic E-state index is 4.79. The molecule has 2 rings (SSSR count). The summed E-state index contributed by atoms with van der Waals surface area (Å²) in [5.74, 6) is 0. The highest BCUT2D eigenvalue weighted by Crippen LogP contribution is 2.17. The fourth-order valence-corrected chi connectivity index (χ4v) is 2.40. The third kappa shape index (κ3) is 7.14. The predicted octanol–water partition coefficient (Wildman–Crippen LogP) is 2.49. The van der Waals surface area contributed by atoms with Gasteiger partial charge in [0.2, 0.25) is 0 Å². The smallest absolute Gasteiger partial charge is 0.130 e. The zero-order valence-corrected chi connectivity index (χ0v) is 11.0. The molecule has 0 aromatic rings. The van der Waals surface area contributed by atoms with E-state index in [2.05, 4.69) is 23.3 Å². The average molecular weight is 246 g/mol. The SMILES string of the molecule is C1CCNCC1.S=C(S)NC1CCCC1. The molecule has 2 nitrogen and oxygen atoms in total. The van der Waals surface area contributed by atoms with E-state index < -0.39 is 0 Å². The standard InChI is InChI=1S/C6H11NS2.C5H11N/c8-6(9)7-5-3-1-2-4-5;1-2-4-6-5-3-1/h5H,1-4H2,(H2,7,8,9);6H,1-5H2. The molecule has 15 heavy (non-hydrogen) atoms. The van der Waals surface area contributed by atoms with E-state index in [4.69, 9.17) is 12.2 Å². The summed E-state index contributed by atoms with van der Waals surface area (Å²) in [5, 5.41) is 6.42.